The van der Waals surface area contributed by atoms with Gasteiger partial charge in [-0.15, -0.1) is 11.3 Å². The molecule has 2 N–H and O–H groups in total. The molecule has 2 aliphatic rings. The molecule has 1 saturated carbocycles. The standard InChI is InChI=1S/C30H33N5O4S/c1-29(2,3)39-28(38)34-13-11-30(18-34)15-21(16-30)35-23-7-5-4-6-22(23)32-27(35)33-26(37)25-9-8-24(40-25)19-10-12-31-20(14-19)17-36/h4-10,12,14,21,36H,11,13,15-18H2,1-3H3,(H,32,33,37). The third-order valence-electron chi connectivity index (χ3n) is 7.71. The van der Waals surface area contributed by atoms with Crippen molar-refractivity contribution in [3.63, 3.8) is 0 Å². The number of amides is 2. The topological polar surface area (TPSA) is 110 Å². The summed E-state index contributed by atoms with van der Waals surface area (Å²) in [6.07, 6.45) is 4.18. The summed E-state index contributed by atoms with van der Waals surface area (Å²) >= 11 is 1.39. The quantitative estimate of drug-likeness (QED) is 0.317. The van der Waals surface area contributed by atoms with Crippen molar-refractivity contribution in [1.82, 2.24) is 19.4 Å². The minimum Gasteiger partial charge on any atom is -0.444 e. The molecule has 9 nitrogen and oxygen atoms in total. The number of nitrogens with one attached hydrogen (secondary N) is 1. The van der Waals surface area contributed by atoms with E-state index in [0.29, 0.717) is 29.6 Å². The van der Waals surface area contributed by atoms with Crippen molar-refractivity contribution in [3.8, 4) is 10.4 Å². The number of thiophene rings is 1. The highest BCUT2D eigenvalue weighted by Crippen LogP contribution is 2.55. The number of hydrogen-bond donors (Lipinski definition) is 2. The second kappa shape index (κ2) is 10.0. The molecule has 0 bridgehead atoms. The summed E-state index contributed by atoms with van der Waals surface area (Å²) in [6, 6.07) is 15.5. The third kappa shape index (κ3) is 5.09. The van der Waals surface area contributed by atoms with E-state index in [0.717, 1.165) is 40.7 Å². The van der Waals surface area contributed by atoms with E-state index >= 15 is 0 Å². The van der Waals surface area contributed by atoms with Crippen LogP contribution >= 0.6 is 11.3 Å². The predicted octanol–water partition coefficient (Wildman–Crippen LogP) is 5.87. The Bertz CT molecular complexity index is 1580. The number of rotatable bonds is 5. The molecule has 2 fully saturated rings. The summed E-state index contributed by atoms with van der Waals surface area (Å²) in [5, 5.41) is 12.5. The van der Waals surface area contributed by atoms with Gasteiger partial charge in [0.15, 0.2) is 0 Å². The average Bonchev–Trinajstić information content (AvgIpc) is 3.64. The largest absolute Gasteiger partial charge is 0.444 e. The lowest BCUT2D eigenvalue weighted by atomic mass is 9.65. The summed E-state index contributed by atoms with van der Waals surface area (Å²) in [4.78, 5) is 38.2. The van der Waals surface area contributed by atoms with Crippen LogP contribution in [0.5, 0.6) is 0 Å². The van der Waals surface area contributed by atoms with Crippen LogP contribution in [0.3, 0.4) is 0 Å². The monoisotopic (exact) mass is 559 g/mol. The van der Waals surface area contributed by atoms with E-state index < -0.39 is 5.60 Å². The van der Waals surface area contributed by atoms with Crippen LogP contribution in [0.15, 0.2) is 54.7 Å². The van der Waals surface area contributed by atoms with Crippen molar-refractivity contribution in [1.29, 1.82) is 0 Å². The van der Waals surface area contributed by atoms with Crippen molar-refractivity contribution in [2.24, 2.45) is 5.41 Å². The van der Waals surface area contributed by atoms with E-state index in [1.165, 1.54) is 11.3 Å². The number of anilines is 1. The van der Waals surface area contributed by atoms with Gasteiger partial charge in [-0.1, -0.05) is 12.1 Å². The fourth-order valence-corrected chi connectivity index (χ4v) is 6.77. The van der Waals surface area contributed by atoms with Crippen molar-refractivity contribution < 1.29 is 19.4 Å². The van der Waals surface area contributed by atoms with Crippen LogP contribution in [0.4, 0.5) is 10.7 Å². The van der Waals surface area contributed by atoms with Gasteiger partial charge in [-0.3, -0.25) is 15.1 Å². The van der Waals surface area contributed by atoms with Crippen molar-refractivity contribution in [2.45, 2.75) is 58.3 Å². The zero-order chi connectivity index (χ0) is 28.1. The number of benzene rings is 1. The first kappa shape index (κ1) is 26.5. The lowest BCUT2D eigenvalue weighted by Gasteiger charge is -2.46. The molecule has 0 atom stereocenters. The van der Waals surface area contributed by atoms with Crippen LogP contribution in [0.1, 0.15) is 61.4 Å². The highest BCUT2D eigenvalue weighted by molar-refractivity contribution is 7.17. The van der Waals surface area contributed by atoms with Gasteiger partial charge in [0.1, 0.15) is 5.60 Å². The molecule has 0 unspecified atom stereocenters. The Balaban J connectivity index is 1.19. The van der Waals surface area contributed by atoms with Gasteiger partial charge in [-0.25, -0.2) is 9.78 Å². The molecule has 2 amide bonds. The van der Waals surface area contributed by atoms with Crippen LogP contribution in [0, 0.1) is 5.41 Å². The number of aliphatic hydroxyl groups excluding tert-OH is 1. The number of aliphatic hydroxyl groups is 1. The van der Waals surface area contributed by atoms with Gasteiger partial charge >= 0.3 is 6.09 Å². The lowest BCUT2D eigenvalue weighted by molar-refractivity contribution is 0.0199. The van der Waals surface area contributed by atoms with Gasteiger partial charge in [0.25, 0.3) is 5.91 Å². The smallest absolute Gasteiger partial charge is 0.410 e. The number of imidazole rings is 1. The molecule has 208 valence electrons. The summed E-state index contributed by atoms with van der Waals surface area (Å²) in [6.45, 7) is 6.92. The Kier molecular flexibility index (Phi) is 6.62. The number of aromatic nitrogens is 3. The second-order valence-corrected chi connectivity index (χ2v) is 12.9. The zero-order valence-corrected chi connectivity index (χ0v) is 23.7. The first-order chi connectivity index (χ1) is 19.1. The van der Waals surface area contributed by atoms with Gasteiger partial charge in [0, 0.05) is 30.2 Å². The first-order valence-corrected chi connectivity index (χ1v) is 14.4. The van der Waals surface area contributed by atoms with Gasteiger partial charge in [-0.2, -0.15) is 0 Å². The van der Waals surface area contributed by atoms with Gasteiger partial charge in [0.05, 0.1) is 28.2 Å². The van der Waals surface area contributed by atoms with Crippen LogP contribution in [0.25, 0.3) is 21.5 Å². The molecule has 0 radical (unpaired) electrons. The molecular formula is C30H33N5O4S. The van der Waals surface area contributed by atoms with Crippen molar-refractivity contribution in [2.75, 3.05) is 18.4 Å². The molecule has 1 aliphatic heterocycles. The van der Waals surface area contributed by atoms with Crippen LogP contribution in [-0.2, 0) is 11.3 Å². The Morgan fingerprint density at radius 1 is 1.18 bits per heavy atom. The van der Waals surface area contributed by atoms with E-state index in [2.05, 4.69) is 14.9 Å². The van der Waals surface area contributed by atoms with Crippen LogP contribution < -0.4 is 5.32 Å². The average molecular weight is 560 g/mol. The number of hydrogen-bond acceptors (Lipinski definition) is 7. The fraction of sp³-hybridized carbons (Fsp3) is 0.400. The Labute approximate surface area is 236 Å². The molecular weight excluding hydrogens is 526 g/mol. The molecule has 1 aliphatic carbocycles. The molecule has 1 aromatic carbocycles. The molecule has 4 heterocycles. The van der Waals surface area contributed by atoms with E-state index in [-0.39, 0.29) is 30.1 Å². The maximum absolute atomic E-state index is 13.4. The van der Waals surface area contributed by atoms with E-state index in [1.807, 2.05) is 74.2 Å². The lowest BCUT2D eigenvalue weighted by Crippen LogP contribution is -2.43. The van der Waals surface area contributed by atoms with Gasteiger partial charge in [-0.05, 0) is 87.4 Å². The zero-order valence-electron chi connectivity index (χ0n) is 22.9. The maximum Gasteiger partial charge on any atom is 0.410 e. The number of carbonyl (C=O) groups excluding carboxylic acids is 2. The number of ether oxygens (including phenoxy) is 1. The molecule has 6 rings (SSSR count). The Morgan fingerprint density at radius 2 is 1.98 bits per heavy atom. The minimum atomic E-state index is -0.512. The van der Waals surface area contributed by atoms with Gasteiger partial charge in [0.2, 0.25) is 5.95 Å². The molecule has 1 saturated heterocycles. The van der Waals surface area contributed by atoms with E-state index in [9.17, 15) is 14.7 Å². The molecule has 3 aromatic heterocycles. The maximum atomic E-state index is 13.4. The highest BCUT2D eigenvalue weighted by atomic mass is 32.1. The number of para-hydroxylation sites is 2. The summed E-state index contributed by atoms with van der Waals surface area (Å²) < 4.78 is 7.75. The summed E-state index contributed by atoms with van der Waals surface area (Å²) in [5.41, 5.74) is 2.87. The number of fused-ring (bicyclic) bond motifs is 1. The summed E-state index contributed by atoms with van der Waals surface area (Å²) in [7, 11) is 0. The fourth-order valence-electron chi connectivity index (χ4n) is 5.87. The van der Waals surface area contributed by atoms with Crippen LogP contribution in [-0.4, -0.2) is 55.2 Å². The number of pyridine rings is 1. The molecule has 4 aromatic rings. The molecule has 1 spiro atoms. The van der Waals surface area contributed by atoms with Crippen molar-refractivity contribution >= 4 is 40.3 Å². The second-order valence-electron chi connectivity index (χ2n) is 11.8. The van der Waals surface area contributed by atoms with E-state index in [1.54, 1.807) is 6.20 Å². The summed E-state index contributed by atoms with van der Waals surface area (Å²) in [5.74, 6) is 0.324. The Hall–Kier alpha value is -3.76. The Morgan fingerprint density at radius 3 is 2.75 bits per heavy atom. The predicted molar refractivity (Wildman–Crippen MR) is 154 cm³/mol. The minimum absolute atomic E-state index is 0.0643. The van der Waals surface area contributed by atoms with E-state index in [4.69, 9.17) is 9.72 Å². The van der Waals surface area contributed by atoms with Gasteiger partial charge < -0.3 is 19.3 Å². The first-order valence-electron chi connectivity index (χ1n) is 13.6. The molecule has 40 heavy (non-hydrogen) atoms. The molecule has 10 heteroatoms. The number of nitrogens with zero attached hydrogens (tertiary/aromatic N) is 4. The van der Waals surface area contributed by atoms with Crippen LogP contribution in [0.2, 0.25) is 0 Å². The third-order valence-corrected chi connectivity index (χ3v) is 8.84. The van der Waals surface area contributed by atoms with Crippen molar-refractivity contribution in [3.05, 3.63) is 65.3 Å². The SMILES string of the molecule is CC(C)(C)OC(=O)N1CCC2(CC(n3c(NC(=O)c4ccc(-c5ccnc(CO)c5)s4)nc4ccccc43)C2)C1. The normalized spacial score (nSPS) is 20.6. The highest BCUT2D eigenvalue weighted by Gasteiger charge is 2.51. The number of carbonyl (C=O) groups is 2. The number of likely N-dealkylation sites (tertiary alicyclic amines) is 1.